The van der Waals surface area contributed by atoms with Gasteiger partial charge in [-0.1, -0.05) is 0 Å². The van der Waals surface area contributed by atoms with E-state index in [9.17, 15) is 9.18 Å². The number of halogens is 2. The van der Waals surface area contributed by atoms with Gasteiger partial charge in [-0.25, -0.2) is 0 Å². The average Bonchev–Trinajstić information content (AvgIpc) is 2.45. The van der Waals surface area contributed by atoms with Gasteiger partial charge in [-0.05, 0) is 0 Å². The molecule has 0 unspecified atom stereocenters. The van der Waals surface area contributed by atoms with Crippen LogP contribution in [0, 0.1) is 9.39 Å². The van der Waals surface area contributed by atoms with Crippen LogP contribution in [0.25, 0.3) is 11.1 Å². The summed E-state index contributed by atoms with van der Waals surface area (Å²) in [4.78, 5) is 15.5. The molecule has 1 aromatic heterocycles. The molecule has 1 aromatic carbocycles. The molecule has 0 saturated heterocycles. The fraction of sp³-hybridized carbons (Fsp3) is 0.300. The van der Waals surface area contributed by atoms with E-state index >= 15 is 0 Å². The first kappa shape index (κ1) is 10.7. The van der Waals surface area contributed by atoms with E-state index in [2.05, 4.69) is 9.86 Å². The van der Waals surface area contributed by atoms with Gasteiger partial charge in [0.2, 0.25) is 0 Å². The molecule has 0 aliphatic carbocycles. The Morgan fingerprint density at radius 1 is 1.40 bits per heavy atom. The first-order valence-electron chi connectivity index (χ1n) is 4.30. The molecule has 82 valence electrons. The number of oxazole rings is 1. The zero-order valence-electron chi connectivity index (χ0n) is 8.67. The quantitative estimate of drug-likeness (QED) is 0.596. The van der Waals surface area contributed by atoms with Crippen molar-refractivity contribution in [3.05, 3.63) is 32.1 Å². The minimum absolute atomic E-state index is 0.0592. The number of aromatic nitrogens is 1. The summed E-state index contributed by atoms with van der Waals surface area (Å²) in [5.74, 6) is -0.959. The van der Waals surface area contributed by atoms with Crippen LogP contribution >= 0.6 is 19.8 Å². The van der Waals surface area contributed by atoms with Crippen LogP contribution in [-0.2, 0) is 7.05 Å². The topological polar surface area (TPSA) is 35.1 Å². The van der Waals surface area contributed by atoms with Crippen LogP contribution in [0.4, 0.5) is 4.39 Å². The van der Waals surface area contributed by atoms with E-state index in [0.29, 0.717) is 5.52 Å². The molecule has 0 radical (unpaired) electrons. The molecule has 0 bridgehead atoms. The zero-order valence-corrected chi connectivity index (χ0v) is 10.8. The van der Waals surface area contributed by atoms with E-state index in [1.54, 1.807) is 7.05 Å². The van der Waals surface area contributed by atoms with Gasteiger partial charge in [0, 0.05) is 0 Å². The van der Waals surface area contributed by atoms with Crippen LogP contribution in [0.1, 0.15) is 0 Å². The Hall–Kier alpha value is -0.850. The maximum absolute atomic E-state index is 13.6. The molecule has 1 heterocycles. The Morgan fingerprint density at radius 2 is 2.07 bits per heavy atom. The second kappa shape index (κ2) is 3.62. The van der Waals surface area contributed by atoms with Gasteiger partial charge in [-0.15, -0.1) is 0 Å². The van der Waals surface area contributed by atoms with Crippen LogP contribution in [0.3, 0.4) is 0 Å². The molecule has 0 spiro atoms. The fourth-order valence-corrected chi connectivity index (χ4v) is 3.18. The number of fused-ring (bicyclic) bond motifs is 1. The number of hydrogen-bond acceptors (Lipinski definition) is 2. The molecule has 0 N–H and O–H groups in total. The summed E-state index contributed by atoms with van der Waals surface area (Å²) in [5.41, 5.74) is 0.602. The molecule has 5 heteroatoms. The van der Waals surface area contributed by atoms with Crippen molar-refractivity contribution in [2.45, 2.75) is 0 Å². The second-order valence-electron chi connectivity index (χ2n) is 3.42. The van der Waals surface area contributed by atoms with Gasteiger partial charge in [-0.2, -0.15) is 0 Å². The minimum atomic E-state index is -1.24. The Balaban J connectivity index is 2.85. The Morgan fingerprint density at radius 3 is 2.67 bits per heavy atom. The maximum atomic E-state index is 13.6. The molecule has 0 aliphatic heterocycles. The predicted octanol–water partition coefficient (Wildman–Crippen LogP) is 2.21. The average molecular weight is 323 g/mol. The van der Waals surface area contributed by atoms with Crippen molar-refractivity contribution >= 4 is 30.9 Å². The van der Waals surface area contributed by atoms with Gasteiger partial charge in [0.25, 0.3) is 0 Å². The van der Waals surface area contributed by atoms with Crippen LogP contribution in [-0.4, -0.2) is 14.4 Å². The van der Waals surface area contributed by atoms with E-state index in [0.717, 1.165) is 3.57 Å². The fourth-order valence-electron chi connectivity index (χ4n) is 1.37. The normalized spacial score (nSPS) is 12.1. The van der Waals surface area contributed by atoms with Crippen LogP contribution in [0.5, 0.6) is 0 Å². The summed E-state index contributed by atoms with van der Waals surface area (Å²) in [7, 11) is 1.58. The Bertz CT molecular complexity index is 571. The standard InChI is InChI=1S/C10H11FINO2/c1-12(2)6-4-7(11)9-8(5-6)13(3)10(14)15-9/h4-5H,1-3H3. The molecule has 0 amide bonds. The van der Waals surface area contributed by atoms with Crippen molar-refractivity contribution in [1.29, 1.82) is 0 Å². The number of rotatable bonds is 1. The van der Waals surface area contributed by atoms with Crippen molar-refractivity contribution in [3.8, 4) is 0 Å². The van der Waals surface area contributed by atoms with E-state index in [-0.39, 0.29) is 5.58 Å². The Kier molecular flexibility index (Phi) is 2.57. The van der Waals surface area contributed by atoms with Crippen molar-refractivity contribution in [2.24, 2.45) is 7.05 Å². The number of nitrogens with zero attached hydrogens (tertiary/aromatic N) is 1. The van der Waals surface area contributed by atoms with E-state index in [4.69, 9.17) is 4.42 Å². The SMILES string of the molecule is Cn1c(=O)oc2c(F)cc(I(C)C)cc21. The van der Waals surface area contributed by atoms with Crippen molar-refractivity contribution < 1.29 is 8.81 Å². The molecule has 15 heavy (non-hydrogen) atoms. The van der Waals surface area contributed by atoms with Gasteiger partial charge < -0.3 is 0 Å². The first-order valence-corrected chi connectivity index (χ1v) is 9.69. The van der Waals surface area contributed by atoms with E-state index < -0.39 is 31.4 Å². The number of hydrogen-bond donors (Lipinski definition) is 0. The third-order valence-corrected chi connectivity index (χ3v) is 5.36. The molecule has 2 rings (SSSR count). The number of alkyl halides is 2. The van der Waals surface area contributed by atoms with Crippen LogP contribution in [0.2, 0.25) is 0 Å². The predicted molar refractivity (Wildman–Crippen MR) is 66.0 cm³/mol. The van der Waals surface area contributed by atoms with E-state index in [1.807, 2.05) is 6.07 Å². The summed E-state index contributed by atoms with van der Waals surface area (Å²) in [6.45, 7) is 0. The van der Waals surface area contributed by atoms with Gasteiger partial charge in [0.1, 0.15) is 0 Å². The third kappa shape index (κ3) is 1.68. The summed E-state index contributed by atoms with van der Waals surface area (Å²) >= 11 is -1.24. The van der Waals surface area contributed by atoms with Gasteiger partial charge >= 0.3 is 93.3 Å². The van der Waals surface area contributed by atoms with Gasteiger partial charge in [0.15, 0.2) is 0 Å². The molecule has 3 nitrogen and oxygen atoms in total. The summed E-state index contributed by atoms with van der Waals surface area (Å²) < 4.78 is 20.7. The van der Waals surface area contributed by atoms with Crippen LogP contribution < -0.4 is 5.76 Å². The van der Waals surface area contributed by atoms with Crippen molar-refractivity contribution in [3.63, 3.8) is 0 Å². The summed E-state index contributed by atoms with van der Waals surface area (Å²) in [5, 5.41) is 0. The zero-order chi connectivity index (χ0) is 11.2. The second-order valence-corrected chi connectivity index (χ2v) is 8.98. The molecular weight excluding hydrogens is 312 g/mol. The molecule has 0 aliphatic rings. The van der Waals surface area contributed by atoms with Crippen molar-refractivity contribution in [2.75, 3.05) is 9.86 Å². The molecule has 0 saturated carbocycles. The summed E-state index contributed by atoms with van der Waals surface area (Å²) in [6, 6.07) is 3.34. The summed E-state index contributed by atoms with van der Waals surface area (Å²) in [6.07, 6.45) is 0. The molecule has 0 atom stereocenters. The van der Waals surface area contributed by atoms with Gasteiger partial charge in [-0.3, -0.25) is 0 Å². The first-order chi connectivity index (χ1) is 7.00. The monoisotopic (exact) mass is 323 g/mol. The van der Waals surface area contributed by atoms with E-state index in [1.165, 1.54) is 10.6 Å². The molecular formula is C10H11FINO2. The van der Waals surface area contributed by atoms with Crippen LogP contribution in [0.15, 0.2) is 21.3 Å². The Labute approximate surface area is 93.3 Å². The molecule has 0 fully saturated rings. The number of benzene rings is 1. The van der Waals surface area contributed by atoms with Crippen molar-refractivity contribution in [1.82, 2.24) is 4.57 Å². The third-order valence-electron chi connectivity index (χ3n) is 2.25. The number of aryl methyl sites for hydroxylation is 1. The molecule has 2 aromatic rings. The van der Waals surface area contributed by atoms with Gasteiger partial charge in [0.05, 0.1) is 0 Å².